The molecule has 2 aliphatic rings. The molecule has 4 nitrogen and oxygen atoms in total. The van der Waals surface area contributed by atoms with Crippen LogP contribution in [0.2, 0.25) is 0 Å². The minimum absolute atomic E-state index is 0.220. The van der Waals surface area contributed by atoms with E-state index < -0.39 is 14.8 Å². The van der Waals surface area contributed by atoms with Crippen LogP contribution >= 0.6 is 10.7 Å². The van der Waals surface area contributed by atoms with Crippen molar-refractivity contribution in [1.29, 1.82) is 0 Å². The molecule has 6 heteroatoms. The van der Waals surface area contributed by atoms with E-state index in [9.17, 15) is 13.2 Å². The number of rotatable bonds is 1. The lowest BCUT2D eigenvalue weighted by molar-refractivity contribution is -0.151. The molecule has 0 aromatic heterocycles. The van der Waals surface area contributed by atoms with Gasteiger partial charge in [0.25, 0.3) is 0 Å². The van der Waals surface area contributed by atoms with E-state index in [0.29, 0.717) is 6.42 Å². The largest absolute Gasteiger partial charge is 0.324 e. The number of halogens is 1. The zero-order valence-corrected chi connectivity index (χ0v) is 10.1. The first-order chi connectivity index (χ1) is 6.88. The van der Waals surface area contributed by atoms with Crippen molar-refractivity contribution in [1.82, 2.24) is 4.31 Å². The molecular formula is C9H14ClNO3S. The third-order valence-corrected chi connectivity index (χ3v) is 5.14. The molecule has 2 rings (SSSR count). The van der Waals surface area contributed by atoms with E-state index in [0.717, 1.165) is 30.0 Å². The summed E-state index contributed by atoms with van der Waals surface area (Å²) in [6, 6.07) is 0. The number of hydrogen-bond acceptors (Lipinski definition) is 3. The smallest absolute Gasteiger partial charge is 0.274 e. The van der Waals surface area contributed by atoms with E-state index >= 15 is 0 Å². The first-order valence-electron chi connectivity index (χ1n) is 5.16. The summed E-state index contributed by atoms with van der Waals surface area (Å²) in [6.45, 7) is 2.00. The van der Waals surface area contributed by atoms with Crippen LogP contribution in [-0.2, 0) is 14.0 Å². The number of hydrogen-bond donors (Lipinski definition) is 0. The quantitative estimate of drug-likeness (QED) is 0.526. The molecule has 0 bridgehead atoms. The number of nitrogens with zero attached hydrogens (tertiary/aromatic N) is 1. The third-order valence-electron chi connectivity index (χ3n) is 3.72. The standard InChI is InChI=1S/C9H14ClNO3S/c1-7-4-2-3-5-9(7)6-8(12)11(9)15(10,13)14/h7H,2-6H2,1H3/t7-,9-/m0/s1. The second kappa shape index (κ2) is 3.35. The Bertz CT molecular complexity index is 394. The van der Waals surface area contributed by atoms with Gasteiger partial charge in [0.05, 0.1) is 12.0 Å². The molecule has 15 heavy (non-hydrogen) atoms. The lowest BCUT2D eigenvalue weighted by Crippen LogP contribution is -2.68. The van der Waals surface area contributed by atoms with Gasteiger partial charge in [0, 0.05) is 10.7 Å². The van der Waals surface area contributed by atoms with Gasteiger partial charge < -0.3 is 0 Å². The molecule has 1 saturated carbocycles. The fraction of sp³-hybridized carbons (Fsp3) is 0.889. The van der Waals surface area contributed by atoms with Gasteiger partial charge in [-0.3, -0.25) is 4.79 Å². The molecule has 86 valence electrons. The fourth-order valence-electron chi connectivity index (χ4n) is 2.86. The lowest BCUT2D eigenvalue weighted by Gasteiger charge is -2.55. The highest BCUT2D eigenvalue weighted by Gasteiger charge is 2.59. The molecule has 1 amide bonds. The van der Waals surface area contributed by atoms with Gasteiger partial charge in [-0.1, -0.05) is 19.8 Å². The third kappa shape index (κ3) is 1.56. The molecule has 0 N–H and O–H groups in total. The summed E-state index contributed by atoms with van der Waals surface area (Å²) in [7, 11) is 1.40. The number of carbonyl (C=O) groups excluding carboxylic acids is 1. The Hall–Kier alpha value is -0.290. The minimum Gasteiger partial charge on any atom is -0.274 e. The van der Waals surface area contributed by atoms with Crippen molar-refractivity contribution in [2.45, 2.75) is 44.6 Å². The molecule has 0 unspecified atom stereocenters. The van der Waals surface area contributed by atoms with Gasteiger partial charge in [-0.15, -0.1) is 0 Å². The molecule has 2 fully saturated rings. The second-order valence-electron chi connectivity index (χ2n) is 4.53. The minimum atomic E-state index is -3.90. The van der Waals surface area contributed by atoms with Gasteiger partial charge in [0.2, 0.25) is 5.91 Å². The van der Waals surface area contributed by atoms with Crippen LogP contribution < -0.4 is 0 Å². The first kappa shape index (κ1) is 11.2. The van der Waals surface area contributed by atoms with Crippen molar-refractivity contribution in [3.8, 4) is 0 Å². The SMILES string of the molecule is C[C@H]1CCCC[C@]12CC(=O)N2S(=O)(=O)Cl. The van der Waals surface area contributed by atoms with E-state index in [1.807, 2.05) is 6.92 Å². The van der Waals surface area contributed by atoms with Crippen molar-refractivity contribution in [2.75, 3.05) is 0 Å². The van der Waals surface area contributed by atoms with Crippen LogP contribution in [0.5, 0.6) is 0 Å². The highest BCUT2D eigenvalue weighted by molar-refractivity contribution is 8.12. The summed E-state index contributed by atoms with van der Waals surface area (Å²) in [4.78, 5) is 11.4. The average molecular weight is 252 g/mol. The molecular weight excluding hydrogens is 238 g/mol. The second-order valence-corrected chi connectivity index (χ2v) is 6.89. The van der Waals surface area contributed by atoms with Crippen LogP contribution in [0.15, 0.2) is 0 Å². The zero-order valence-electron chi connectivity index (χ0n) is 8.57. The summed E-state index contributed by atoms with van der Waals surface area (Å²) in [5.41, 5.74) is -0.504. The van der Waals surface area contributed by atoms with Gasteiger partial charge >= 0.3 is 9.24 Å². The normalized spacial score (nSPS) is 36.8. The van der Waals surface area contributed by atoms with Crippen LogP contribution in [-0.4, -0.2) is 24.2 Å². The summed E-state index contributed by atoms with van der Waals surface area (Å²) in [5, 5.41) is 0. The highest BCUT2D eigenvalue weighted by atomic mass is 35.7. The van der Waals surface area contributed by atoms with Gasteiger partial charge in [0.15, 0.2) is 0 Å². The highest BCUT2D eigenvalue weighted by Crippen LogP contribution is 2.49. The van der Waals surface area contributed by atoms with Crippen LogP contribution in [0.4, 0.5) is 0 Å². The van der Waals surface area contributed by atoms with Gasteiger partial charge in [-0.2, -0.15) is 8.42 Å². The van der Waals surface area contributed by atoms with E-state index in [-0.39, 0.29) is 11.8 Å². The molecule has 0 aromatic rings. The average Bonchev–Trinajstić information content (AvgIpc) is 2.04. The van der Waals surface area contributed by atoms with Crippen molar-refractivity contribution in [2.24, 2.45) is 5.92 Å². The Morgan fingerprint density at radius 2 is 2.13 bits per heavy atom. The predicted octanol–water partition coefficient (Wildman–Crippen LogP) is 1.65. The van der Waals surface area contributed by atoms with Crippen LogP contribution in [0.1, 0.15) is 39.0 Å². The van der Waals surface area contributed by atoms with Crippen LogP contribution in [0, 0.1) is 5.92 Å². The van der Waals surface area contributed by atoms with Crippen LogP contribution in [0.25, 0.3) is 0 Å². The maximum Gasteiger partial charge on any atom is 0.324 e. The molecule has 1 aliphatic carbocycles. The molecule has 1 heterocycles. The number of carbonyl (C=O) groups is 1. The maximum atomic E-state index is 11.4. The molecule has 2 atom stereocenters. The van der Waals surface area contributed by atoms with Gasteiger partial charge in [0.1, 0.15) is 0 Å². The Morgan fingerprint density at radius 1 is 1.47 bits per heavy atom. The van der Waals surface area contributed by atoms with E-state index in [2.05, 4.69) is 0 Å². The topological polar surface area (TPSA) is 54.5 Å². The first-order valence-corrected chi connectivity index (χ1v) is 7.42. The zero-order chi connectivity index (χ0) is 11.3. The van der Waals surface area contributed by atoms with Crippen molar-refractivity contribution in [3.05, 3.63) is 0 Å². The number of β-lactam (4-membered cyclic amide) rings is 1. The summed E-state index contributed by atoms with van der Waals surface area (Å²) >= 11 is 0. The Labute approximate surface area is 94.1 Å². The molecule has 1 saturated heterocycles. The number of amides is 1. The summed E-state index contributed by atoms with van der Waals surface area (Å²) in [5.74, 6) is -0.142. The molecule has 1 aliphatic heterocycles. The van der Waals surface area contributed by atoms with Crippen molar-refractivity contribution >= 4 is 25.8 Å². The van der Waals surface area contributed by atoms with Crippen molar-refractivity contribution < 1.29 is 13.2 Å². The van der Waals surface area contributed by atoms with Gasteiger partial charge in [-0.05, 0) is 18.8 Å². The Morgan fingerprint density at radius 3 is 2.60 bits per heavy atom. The lowest BCUT2D eigenvalue weighted by atomic mass is 9.67. The van der Waals surface area contributed by atoms with E-state index in [1.54, 1.807) is 0 Å². The Kier molecular flexibility index (Phi) is 2.50. The van der Waals surface area contributed by atoms with Crippen molar-refractivity contribution in [3.63, 3.8) is 0 Å². The molecule has 1 spiro atoms. The summed E-state index contributed by atoms with van der Waals surface area (Å²) < 4.78 is 23.5. The molecule has 0 aromatic carbocycles. The maximum absolute atomic E-state index is 11.4. The van der Waals surface area contributed by atoms with E-state index in [4.69, 9.17) is 10.7 Å². The molecule has 0 radical (unpaired) electrons. The Balaban J connectivity index is 2.33. The monoisotopic (exact) mass is 251 g/mol. The predicted molar refractivity (Wildman–Crippen MR) is 56.6 cm³/mol. The van der Waals surface area contributed by atoms with E-state index in [1.165, 1.54) is 0 Å². The van der Waals surface area contributed by atoms with Crippen LogP contribution in [0.3, 0.4) is 0 Å². The fourth-order valence-corrected chi connectivity index (χ4v) is 4.58. The van der Waals surface area contributed by atoms with Gasteiger partial charge in [-0.25, -0.2) is 4.31 Å². The summed E-state index contributed by atoms with van der Waals surface area (Å²) in [6.07, 6.45) is 4.13.